The van der Waals surface area contributed by atoms with Crippen molar-refractivity contribution in [3.8, 4) is 0 Å². The Morgan fingerprint density at radius 1 is 1.37 bits per heavy atom. The Balaban J connectivity index is 2.52. The highest BCUT2D eigenvalue weighted by Crippen LogP contribution is 2.41. The zero-order chi connectivity index (χ0) is 14.3. The van der Waals surface area contributed by atoms with Crippen molar-refractivity contribution >= 4 is 34.4 Å². The second-order valence-electron chi connectivity index (χ2n) is 4.26. The lowest BCUT2D eigenvalue weighted by atomic mass is 10.1. The molecule has 1 aliphatic rings. The lowest BCUT2D eigenvalue weighted by Crippen LogP contribution is -2.40. The number of hydrogen-bond acceptors (Lipinski definition) is 6. The predicted molar refractivity (Wildman–Crippen MR) is 78.3 cm³/mol. The van der Waals surface area contributed by atoms with Gasteiger partial charge in [0.05, 0.1) is 21.5 Å². The first-order chi connectivity index (χ1) is 8.88. The van der Waals surface area contributed by atoms with Gasteiger partial charge >= 0.3 is 5.69 Å². The van der Waals surface area contributed by atoms with Crippen LogP contribution in [0.1, 0.15) is 11.1 Å². The summed E-state index contributed by atoms with van der Waals surface area (Å²) in [6, 6.07) is 0. The van der Waals surface area contributed by atoms with Gasteiger partial charge in [0.1, 0.15) is 11.5 Å². The Morgan fingerprint density at radius 3 is 2.53 bits per heavy atom. The second kappa shape index (κ2) is 5.56. The number of thioether (sulfide) groups is 1. The molecule has 1 fully saturated rings. The van der Waals surface area contributed by atoms with Crippen LogP contribution in [-0.4, -0.2) is 48.9 Å². The van der Waals surface area contributed by atoms with Gasteiger partial charge in [-0.25, -0.2) is 4.79 Å². The molecule has 0 aliphatic carbocycles. The third kappa shape index (κ3) is 2.49. The van der Waals surface area contributed by atoms with E-state index in [4.69, 9.17) is 5.11 Å². The van der Waals surface area contributed by atoms with Gasteiger partial charge in [-0.05, 0) is 29.5 Å². The molecule has 0 spiro atoms. The van der Waals surface area contributed by atoms with E-state index in [1.54, 1.807) is 6.92 Å². The van der Waals surface area contributed by atoms with Crippen molar-refractivity contribution in [2.75, 3.05) is 6.61 Å². The Hall–Kier alpha value is -0.360. The van der Waals surface area contributed by atoms with Gasteiger partial charge < -0.3 is 15.3 Å². The first-order valence-electron chi connectivity index (χ1n) is 5.51. The Morgan fingerprint density at radius 2 is 2.00 bits per heavy atom. The number of H-pyrrole nitrogens is 1. The zero-order valence-corrected chi connectivity index (χ0v) is 12.9. The molecule has 0 radical (unpaired) electrons. The molecule has 2 heterocycles. The van der Waals surface area contributed by atoms with Crippen LogP contribution < -0.4 is 11.2 Å². The van der Waals surface area contributed by atoms with Gasteiger partial charge in [-0.2, -0.15) is 0 Å². The molecule has 7 nitrogen and oxygen atoms in total. The third-order valence-corrected chi connectivity index (χ3v) is 5.91. The van der Waals surface area contributed by atoms with Crippen molar-refractivity contribution < 1.29 is 15.3 Å². The molecule has 0 aromatic carbocycles. The van der Waals surface area contributed by atoms with Gasteiger partial charge in [0.25, 0.3) is 5.56 Å². The predicted octanol–water partition coefficient (Wildman–Crippen LogP) is -1.22. The van der Waals surface area contributed by atoms with E-state index in [0.717, 1.165) is 11.8 Å². The average molecular weight is 400 g/mol. The smallest absolute Gasteiger partial charge is 0.329 e. The zero-order valence-electron chi connectivity index (χ0n) is 9.91. The minimum absolute atomic E-state index is 0.298. The van der Waals surface area contributed by atoms with Crippen LogP contribution in [0, 0.1) is 10.5 Å². The first kappa shape index (κ1) is 15.0. The summed E-state index contributed by atoms with van der Waals surface area (Å²) in [5.74, 6) is 0. The highest BCUT2D eigenvalue weighted by molar-refractivity contribution is 14.1. The Labute approximate surface area is 125 Å². The molecule has 9 heteroatoms. The monoisotopic (exact) mass is 400 g/mol. The fraction of sp³-hybridized carbons (Fsp3) is 0.600. The van der Waals surface area contributed by atoms with Crippen LogP contribution in [0.3, 0.4) is 0 Å². The summed E-state index contributed by atoms with van der Waals surface area (Å²) in [5.41, 5.74) is -0.682. The van der Waals surface area contributed by atoms with Gasteiger partial charge in [-0.1, -0.05) is 0 Å². The second-order valence-corrected chi connectivity index (χ2v) is 6.70. The summed E-state index contributed by atoms with van der Waals surface area (Å²) < 4.78 is 1.60. The topological polar surface area (TPSA) is 116 Å². The Kier molecular flexibility index (Phi) is 4.40. The molecule has 2 rings (SSSR count). The van der Waals surface area contributed by atoms with Crippen molar-refractivity contribution in [3.05, 3.63) is 30.1 Å². The number of aromatic nitrogens is 2. The number of aromatic amines is 1. The summed E-state index contributed by atoms with van der Waals surface area (Å²) >= 11 is 2.93. The number of nitrogens with one attached hydrogen (secondary N) is 1. The standard InChI is InChI=1S/C10H13IN2O5S/c1-3-5(11)8(17)12-10(18)13(3)9-7(16)6(15)4(2-14)19-9/h4,6-7,9,14-16H,2H2,1H3,(H,12,17,18)/t4-,6+,7+,9+/m0/s1. The van der Waals surface area contributed by atoms with Crippen LogP contribution in [0.15, 0.2) is 9.59 Å². The van der Waals surface area contributed by atoms with Crippen LogP contribution in [0.4, 0.5) is 0 Å². The molecule has 106 valence electrons. The number of aliphatic hydroxyl groups is 3. The molecule has 4 atom stereocenters. The van der Waals surface area contributed by atoms with Crippen molar-refractivity contribution in [1.29, 1.82) is 0 Å². The molecule has 1 saturated heterocycles. The molecule has 1 aromatic heterocycles. The molecule has 1 aromatic rings. The number of halogens is 1. The highest BCUT2D eigenvalue weighted by atomic mass is 127. The van der Waals surface area contributed by atoms with Gasteiger partial charge in [-0.15, -0.1) is 11.8 Å². The van der Waals surface area contributed by atoms with Gasteiger partial charge in [0, 0.05) is 5.69 Å². The summed E-state index contributed by atoms with van der Waals surface area (Å²) in [4.78, 5) is 25.5. The summed E-state index contributed by atoms with van der Waals surface area (Å²) in [5, 5.41) is 27.6. The van der Waals surface area contributed by atoms with E-state index in [0.29, 0.717) is 9.26 Å². The molecule has 0 saturated carbocycles. The van der Waals surface area contributed by atoms with Crippen molar-refractivity contribution in [2.24, 2.45) is 0 Å². The minimum Gasteiger partial charge on any atom is -0.395 e. The summed E-state index contributed by atoms with van der Waals surface area (Å²) in [6.45, 7) is 1.30. The molecular weight excluding hydrogens is 387 g/mol. The lowest BCUT2D eigenvalue weighted by molar-refractivity contribution is 0.00980. The van der Waals surface area contributed by atoms with Gasteiger partial charge in [0.15, 0.2) is 0 Å². The number of nitrogens with zero attached hydrogens (tertiary/aromatic N) is 1. The molecule has 1 aliphatic heterocycles. The lowest BCUT2D eigenvalue weighted by Gasteiger charge is -2.20. The maximum Gasteiger partial charge on any atom is 0.329 e. The van der Waals surface area contributed by atoms with E-state index in [1.165, 1.54) is 4.57 Å². The van der Waals surface area contributed by atoms with E-state index in [9.17, 15) is 19.8 Å². The van der Waals surface area contributed by atoms with Gasteiger partial charge in [-0.3, -0.25) is 14.3 Å². The Bertz CT molecular complexity index is 601. The molecule has 0 bridgehead atoms. The van der Waals surface area contributed by atoms with E-state index in [1.807, 2.05) is 22.6 Å². The highest BCUT2D eigenvalue weighted by Gasteiger charge is 2.43. The summed E-state index contributed by atoms with van der Waals surface area (Å²) in [6.07, 6.45) is -2.30. The fourth-order valence-electron chi connectivity index (χ4n) is 2.03. The molecule has 0 amide bonds. The fourth-order valence-corrected chi connectivity index (χ4v) is 3.89. The maximum atomic E-state index is 11.9. The van der Waals surface area contributed by atoms with Gasteiger partial charge in [0.2, 0.25) is 0 Å². The van der Waals surface area contributed by atoms with Crippen molar-refractivity contribution in [1.82, 2.24) is 9.55 Å². The van der Waals surface area contributed by atoms with Crippen LogP contribution in [0.2, 0.25) is 0 Å². The number of rotatable bonds is 2. The van der Waals surface area contributed by atoms with Crippen LogP contribution in [0.25, 0.3) is 0 Å². The van der Waals surface area contributed by atoms with Crippen LogP contribution >= 0.6 is 34.4 Å². The first-order valence-corrected chi connectivity index (χ1v) is 7.54. The maximum absolute atomic E-state index is 11.9. The van der Waals surface area contributed by atoms with E-state index in [2.05, 4.69) is 4.98 Å². The van der Waals surface area contributed by atoms with Crippen molar-refractivity contribution in [2.45, 2.75) is 29.8 Å². The third-order valence-electron chi connectivity index (χ3n) is 3.09. The van der Waals surface area contributed by atoms with Crippen LogP contribution in [-0.2, 0) is 0 Å². The largest absolute Gasteiger partial charge is 0.395 e. The molecular formula is C10H13IN2O5S. The van der Waals surface area contributed by atoms with Crippen LogP contribution in [0.5, 0.6) is 0 Å². The SMILES string of the molecule is Cc1c(I)c(=O)[nH]c(=O)n1[C@@H]1S[C@@H](CO)[C@@H](O)[C@H]1O. The van der Waals surface area contributed by atoms with E-state index in [-0.39, 0.29) is 6.61 Å². The van der Waals surface area contributed by atoms with E-state index < -0.39 is 34.1 Å². The van der Waals surface area contributed by atoms with Crippen molar-refractivity contribution in [3.63, 3.8) is 0 Å². The molecule has 4 N–H and O–H groups in total. The quantitative estimate of drug-likeness (QED) is 0.463. The normalized spacial score (nSPS) is 30.8. The number of aliphatic hydroxyl groups excluding tert-OH is 3. The van der Waals surface area contributed by atoms with E-state index >= 15 is 0 Å². The minimum atomic E-state index is -1.18. The summed E-state index contributed by atoms with van der Waals surface area (Å²) in [7, 11) is 0. The molecule has 0 unspecified atom stereocenters. The molecule has 19 heavy (non-hydrogen) atoms. The number of hydrogen-bond donors (Lipinski definition) is 4. The average Bonchev–Trinajstić information content (AvgIpc) is 2.64.